The molecular weight excluding hydrogens is 439 g/mol. The van der Waals surface area contributed by atoms with Gasteiger partial charge in [0.25, 0.3) is 5.91 Å². The number of hydrogen-bond acceptors (Lipinski definition) is 3. The number of rotatable bonds is 3. The molecule has 0 saturated carbocycles. The van der Waals surface area contributed by atoms with E-state index in [9.17, 15) is 18.0 Å². The molecule has 4 nitrogen and oxygen atoms in total. The molecule has 1 amide bonds. The van der Waals surface area contributed by atoms with Crippen molar-refractivity contribution >= 4 is 17.5 Å². The summed E-state index contributed by atoms with van der Waals surface area (Å²) < 4.78 is 38.5. The predicted octanol–water partition coefficient (Wildman–Crippen LogP) is 5.62. The van der Waals surface area contributed by atoms with Gasteiger partial charge in [-0.15, -0.1) is 0 Å². The summed E-state index contributed by atoms with van der Waals surface area (Å²) in [6, 6.07) is 11.8. The van der Waals surface area contributed by atoms with Crippen molar-refractivity contribution in [1.82, 2.24) is 14.9 Å². The summed E-state index contributed by atoms with van der Waals surface area (Å²) in [5.41, 5.74) is 3.14. The van der Waals surface area contributed by atoms with Gasteiger partial charge in [-0.2, -0.15) is 13.2 Å². The molecule has 0 unspecified atom stereocenters. The summed E-state index contributed by atoms with van der Waals surface area (Å²) in [5, 5.41) is 0.637. The van der Waals surface area contributed by atoms with Crippen LogP contribution in [0.5, 0.6) is 0 Å². The van der Waals surface area contributed by atoms with E-state index in [2.05, 4.69) is 0 Å². The molecule has 32 heavy (non-hydrogen) atoms. The zero-order valence-corrected chi connectivity index (χ0v) is 18.2. The molecule has 2 heterocycles. The van der Waals surface area contributed by atoms with Crippen molar-refractivity contribution in [3.05, 3.63) is 81.8 Å². The first-order valence-electron chi connectivity index (χ1n) is 10.4. The molecule has 2 aromatic carbocycles. The molecule has 1 aliphatic heterocycles. The van der Waals surface area contributed by atoms with Crippen LogP contribution in [0.3, 0.4) is 0 Å². The van der Waals surface area contributed by atoms with Crippen molar-refractivity contribution in [2.75, 3.05) is 13.1 Å². The van der Waals surface area contributed by atoms with Crippen LogP contribution in [0.15, 0.2) is 48.5 Å². The van der Waals surface area contributed by atoms with E-state index in [1.807, 2.05) is 31.2 Å². The van der Waals surface area contributed by atoms with Crippen LogP contribution >= 0.6 is 11.6 Å². The van der Waals surface area contributed by atoms with Gasteiger partial charge >= 0.3 is 6.18 Å². The maximum atomic E-state index is 13.0. The van der Waals surface area contributed by atoms with Crippen LogP contribution in [0.2, 0.25) is 5.02 Å². The van der Waals surface area contributed by atoms with Gasteiger partial charge in [-0.3, -0.25) is 4.79 Å². The molecule has 166 valence electrons. The molecule has 0 fully saturated rings. The van der Waals surface area contributed by atoms with Gasteiger partial charge in [0.1, 0.15) is 5.82 Å². The second kappa shape index (κ2) is 8.90. The minimum atomic E-state index is -4.43. The number of aryl methyl sites for hydroxylation is 1. The molecule has 0 bridgehead atoms. The fourth-order valence-corrected chi connectivity index (χ4v) is 3.97. The maximum Gasteiger partial charge on any atom is 0.416 e. The van der Waals surface area contributed by atoms with Crippen molar-refractivity contribution in [2.24, 2.45) is 0 Å². The molecule has 0 N–H and O–H groups in total. The molecule has 0 aliphatic carbocycles. The average molecular weight is 460 g/mol. The zero-order chi connectivity index (χ0) is 22.9. The van der Waals surface area contributed by atoms with Gasteiger partial charge < -0.3 is 4.90 Å². The number of carbonyl (C=O) groups is 1. The van der Waals surface area contributed by atoms with Crippen molar-refractivity contribution in [3.63, 3.8) is 0 Å². The van der Waals surface area contributed by atoms with Crippen LogP contribution < -0.4 is 0 Å². The number of alkyl halides is 3. The Balaban J connectivity index is 1.60. The van der Waals surface area contributed by atoms with Crippen molar-refractivity contribution in [3.8, 4) is 11.3 Å². The number of aromatic nitrogens is 2. The van der Waals surface area contributed by atoms with E-state index in [0.717, 1.165) is 40.5 Å². The molecule has 4 rings (SSSR count). The van der Waals surface area contributed by atoms with Gasteiger partial charge in [0.15, 0.2) is 0 Å². The fourth-order valence-electron chi connectivity index (χ4n) is 3.84. The molecule has 0 atom stereocenters. The Labute approximate surface area is 189 Å². The summed E-state index contributed by atoms with van der Waals surface area (Å²) in [4.78, 5) is 24.1. The van der Waals surface area contributed by atoms with Crippen LogP contribution in [0.1, 0.15) is 39.9 Å². The third-order valence-electron chi connectivity index (χ3n) is 5.57. The number of halogens is 4. The molecule has 8 heteroatoms. The third kappa shape index (κ3) is 4.63. The molecule has 0 saturated heterocycles. The van der Waals surface area contributed by atoms with E-state index in [1.165, 1.54) is 12.1 Å². The highest BCUT2D eigenvalue weighted by Crippen LogP contribution is 2.30. The van der Waals surface area contributed by atoms with Gasteiger partial charge in [-0.25, -0.2) is 9.97 Å². The summed E-state index contributed by atoms with van der Waals surface area (Å²) in [7, 11) is 0. The lowest BCUT2D eigenvalue weighted by Gasteiger charge is -2.20. The smallest absolute Gasteiger partial charge is 0.338 e. The lowest BCUT2D eigenvalue weighted by Crippen LogP contribution is -2.33. The number of carbonyl (C=O) groups excluding carboxylic acids is 1. The van der Waals surface area contributed by atoms with Gasteiger partial charge in [-0.1, -0.05) is 30.7 Å². The minimum Gasteiger partial charge on any atom is -0.338 e. The second-order valence-corrected chi connectivity index (χ2v) is 8.08. The average Bonchev–Trinajstić information content (AvgIpc) is 3.00. The van der Waals surface area contributed by atoms with E-state index in [4.69, 9.17) is 21.6 Å². The van der Waals surface area contributed by atoms with Crippen LogP contribution in [0.4, 0.5) is 13.2 Å². The predicted molar refractivity (Wildman–Crippen MR) is 117 cm³/mol. The fraction of sp³-hybridized carbons (Fsp3) is 0.292. The number of amides is 1. The zero-order valence-electron chi connectivity index (χ0n) is 17.4. The second-order valence-electron chi connectivity index (χ2n) is 7.64. The van der Waals surface area contributed by atoms with E-state index >= 15 is 0 Å². The number of hydrogen-bond donors (Lipinski definition) is 0. The quantitative estimate of drug-likeness (QED) is 0.510. The largest absolute Gasteiger partial charge is 0.416 e. The van der Waals surface area contributed by atoms with E-state index in [0.29, 0.717) is 37.4 Å². The summed E-state index contributed by atoms with van der Waals surface area (Å²) in [6.45, 7) is 2.86. The highest BCUT2D eigenvalue weighted by molar-refractivity contribution is 6.30. The van der Waals surface area contributed by atoms with Crippen LogP contribution in [0.25, 0.3) is 11.3 Å². The van der Waals surface area contributed by atoms with Crippen molar-refractivity contribution in [2.45, 2.75) is 32.4 Å². The highest BCUT2D eigenvalue weighted by Gasteiger charge is 2.31. The number of benzene rings is 2. The summed E-state index contributed by atoms with van der Waals surface area (Å²) >= 11 is 6.03. The maximum absolute atomic E-state index is 13.0. The van der Waals surface area contributed by atoms with Crippen LogP contribution in [-0.4, -0.2) is 33.9 Å². The van der Waals surface area contributed by atoms with Gasteiger partial charge in [0, 0.05) is 53.3 Å². The Morgan fingerprint density at radius 1 is 1.00 bits per heavy atom. The number of fused-ring (bicyclic) bond motifs is 1. The lowest BCUT2D eigenvalue weighted by atomic mass is 10.0. The van der Waals surface area contributed by atoms with Crippen LogP contribution in [-0.2, 0) is 25.4 Å². The van der Waals surface area contributed by atoms with Gasteiger partial charge in [0.05, 0.1) is 11.3 Å². The van der Waals surface area contributed by atoms with E-state index in [-0.39, 0.29) is 11.5 Å². The summed E-state index contributed by atoms with van der Waals surface area (Å²) in [5.74, 6) is 0.444. The SMILES string of the molecule is CCc1nc2c(c(-c3ccc(Cl)cc3)n1)CCN(C(=O)c1ccc(C(F)(F)F)cc1)CC2. The summed E-state index contributed by atoms with van der Waals surface area (Å²) in [6.07, 6.45) is -2.64. The minimum absolute atomic E-state index is 0.238. The Morgan fingerprint density at radius 2 is 1.66 bits per heavy atom. The lowest BCUT2D eigenvalue weighted by molar-refractivity contribution is -0.137. The third-order valence-corrected chi connectivity index (χ3v) is 5.82. The Kier molecular flexibility index (Phi) is 6.20. The molecule has 3 aromatic rings. The molecule has 1 aliphatic rings. The van der Waals surface area contributed by atoms with Crippen molar-refractivity contribution in [1.29, 1.82) is 0 Å². The van der Waals surface area contributed by atoms with Crippen LogP contribution in [0, 0.1) is 0 Å². The van der Waals surface area contributed by atoms with Crippen molar-refractivity contribution < 1.29 is 18.0 Å². The Hall–Kier alpha value is -2.93. The van der Waals surface area contributed by atoms with E-state index in [1.54, 1.807) is 4.90 Å². The molecular formula is C24H21ClF3N3O. The Morgan fingerprint density at radius 3 is 2.28 bits per heavy atom. The monoisotopic (exact) mass is 459 g/mol. The van der Waals surface area contributed by atoms with E-state index < -0.39 is 11.7 Å². The standard InChI is InChI=1S/C24H21ClF3N3O/c1-2-21-29-20-12-14-31(23(32)16-3-7-17(8-4-16)24(26,27)28)13-11-19(20)22(30-21)15-5-9-18(25)10-6-15/h3-10H,2,11-14H2,1H3. The highest BCUT2D eigenvalue weighted by atomic mass is 35.5. The van der Waals surface area contributed by atoms with Gasteiger partial charge in [-0.05, 0) is 42.8 Å². The number of nitrogens with zero attached hydrogens (tertiary/aromatic N) is 3. The topological polar surface area (TPSA) is 46.1 Å². The molecule has 0 spiro atoms. The normalized spacial score (nSPS) is 14.1. The molecule has 0 radical (unpaired) electrons. The Bertz CT molecular complexity index is 1130. The first-order chi connectivity index (χ1) is 15.3. The first kappa shape index (κ1) is 22.3. The molecule has 1 aromatic heterocycles. The van der Waals surface area contributed by atoms with Gasteiger partial charge in [0.2, 0.25) is 0 Å². The first-order valence-corrected chi connectivity index (χ1v) is 10.7.